The zero-order valence-corrected chi connectivity index (χ0v) is 9.02. The maximum Gasteiger partial charge on any atom is 0.180 e. The van der Waals surface area contributed by atoms with E-state index in [1.807, 2.05) is 18.7 Å². The van der Waals surface area contributed by atoms with E-state index in [0.29, 0.717) is 0 Å². The van der Waals surface area contributed by atoms with Crippen molar-refractivity contribution in [2.45, 2.75) is 0 Å². The van der Waals surface area contributed by atoms with E-state index in [1.54, 1.807) is 11.3 Å². The second kappa shape index (κ2) is 4.85. The SMILES string of the molecule is C[N+](C)=Cc1cccs1.[I-]. The monoisotopic (exact) mass is 267 g/mol. The Morgan fingerprint density at radius 2 is 2.20 bits per heavy atom. The molecular formula is C7H10INS. The lowest BCUT2D eigenvalue weighted by atomic mass is 10.5. The largest absolute Gasteiger partial charge is 1.00 e. The maximum atomic E-state index is 2.10. The van der Waals surface area contributed by atoms with Crippen molar-refractivity contribution in [3.8, 4) is 0 Å². The van der Waals surface area contributed by atoms with Gasteiger partial charge in [0.1, 0.15) is 14.1 Å². The normalized spacial score (nSPS) is 8.20. The Kier molecular flexibility index (Phi) is 4.89. The molecule has 3 heteroatoms. The predicted molar refractivity (Wildman–Crippen MR) is 41.6 cm³/mol. The van der Waals surface area contributed by atoms with Gasteiger partial charge in [-0.05, 0) is 11.4 Å². The average Bonchev–Trinajstić information content (AvgIpc) is 2.15. The summed E-state index contributed by atoms with van der Waals surface area (Å²) in [7, 11) is 4.06. The first-order valence-electron chi connectivity index (χ1n) is 2.84. The van der Waals surface area contributed by atoms with E-state index in [1.165, 1.54) is 4.88 Å². The number of nitrogens with zero attached hydrogens (tertiary/aromatic N) is 1. The molecule has 0 saturated carbocycles. The molecule has 1 heterocycles. The lowest BCUT2D eigenvalue weighted by molar-refractivity contribution is -0.458. The highest BCUT2D eigenvalue weighted by Crippen LogP contribution is 2.03. The van der Waals surface area contributed by atoms with Crippen LogP contribution in [0.15, 0.2) is 17.5 Å². The molecule has 0 N–H and O–H groups in total. The first-order chi connectivity index (χ1) is 4.29. The summed E-state index contributed by atoms with van der Waals surface area (Å²) in [5.41, 5.74) is 0. The zero-order valence-electron chi connectivity index (χ0n) is 6.04. The van der Waals surface area contributed by atoms with E-state index < -0.39 is 0 Å². The van der Waals surface area contributed by atoms with E-state index in [2.05, 4.69) is 23.7 Å². The molecule has 0 aliphatic rings. The van der Waals surface area contributed by atoms with Crippen molar-refractivity contribution in [3.05, 3.63) is 22.4 Å². The van der Waals surface area contributed by atoms with Gasteiger partial charge >= 0.3 is 0 Å². The number of thiophene rings is 1. The van der Waals surface area contributed by atoms with Gasteiger partial charge in [-0.15, -0.1) is 11.3 Å². The Hall–Kier alpha value is 0.1000. The van der Waals surface area contributed by atoms with Crippen LogP contribution < -0.4 is 24.0 Å². The molecule has 0 saturated heterocycles. The summed E-state index contributed by atoms with van der Waals surface area (Å²) < 4.78 is 2.05. The van der Waals surface area contributed by atoms with Gasteiger partial charge in [-0.1, -0.05) is 6.07 Å². The molecule has 1 aromatic rings. The van der Waals surface area contributed by atoms with E-state index in [9.17, 15) is 0 Å². The van der Waals surface area contributed by atoms with Crippen LogP contribution in [0.1, 0.15) is 4.88 Å². The summed E-state index contributed by atoms with van der Waals surface area (Å²) >= 11 is 1.75. The number of hydrogen-bond donors (Lipinski definition) is 0. The van der Waals surface area contributed by atoms with Crippen molar-refractivity contribution in [2.24, 2.45) is 0 Å². The van der Waals surface area contributed by atoms with Crippen LogP contribution in [0, 0.1) is 0 Å². The lowest BCUT2D eigenvalue weighted by Crippen LogP contribution is -3.00. The van der Waals surface area contributed by atoms with Gasteiger partial charge in [0.25, 0.3) is 0 Å². The number of halogens is 1. The minimum atomic E-state index is 0. The molecule has 0 fully saturated rings. The molecule has 10 heavy (non-hydrogen) atoms. The fraction of sp³-hybridized carbons (Fsp3) is 0.286. The molecule has 0 aliphatic carbocycles. The number of rotatable bonds is 1. The van der Waals surface area contributed by atoms with Gasteiger partial charge in [0.15, 0.2) is 6.21 Å². The molecule has 0 radical (unpaired) electrons. The lowest BCUT2D eigenvalue weighted by Gasteiger charge is -1.80. The molecule has 0 atom stereocenters. The Bertz CT molecular complexity index is 199. The predicted octanol–water partition coefficient (Wildman–Crippen LogP) is -1.56. The van der Waals surface area contributed by atoms with Gasteiger partial charge in [-0.25, -0.2) is 4.58 Å². The van der Waals surface area contributed by atoms with Gasteiger partial charge in [0, 0.05) is 0 Å². The van der Waals surface area contributed by atoms with E-state index >= 15 is 0 Å². The molecule has 0 bridgehead atoms. The molecule has 1 rings (SSSR count). The van der Waals surface area contributed by atoms with Crippen LogP contribution in [0.2, 0.25) is 0 Å². The second-order valence-electron chi connectivity index (χ2n) is 2.11. The molecule has 0 aliphatic heterocycles. The maximum absolute atomic E-state index is 2.10. The summed E-state index contributed by atoms with van der Waals surface area (Å²) in [4.78, 5) is 1.31. The van der Waals surface area contributed by atoms with E-state index in [-0.39, 0.29) is 24.0 Å². The van der Waals surface area contributed by atoms with Crippen LogP contribution in [0.5, 0.6) is 0 Å². The molecular weight excluding hydrogens is 257 g/mol. The first kappa shape index (κ1) is 10.1. The summed E-state index contributed by atoms with van der Waals surface area (Å²) in [6.45, 7) is 0. The van der Waals surface area contributed by atoms with Gasteiger partial charge in [0.2, 0.25) is 0 Å². The molecule has 56 valence electrons. The van der Waals surface area contributed by atoms with Gasteiger partial charge in [-0.3, -0.25) is 0 Å². The van der Waals surface area contributed by atoms with Crippen molar-refractivity contribution >= 4 is 17.6 Å². The molecule has 0 unspecified atom stereocenters. The quantitative estimate of drug-likeness (QED) is 0.329. The Morgan fingerprint density at radius 1 is 1.50 bits per heavy atom. The van der Waals surface area contributed by atoms with Crippen LogP contribution in [-0.4, -0.2) is 24.9 Å². The van der Waals surface area contributed by atoms with Crippen LogP contribution in [0.3, 0.4) is 0 Å². The Morgan fingerprint density at radius 3 is 2.60 bits per heavy atom. The molecule has 0 amide bonds. The summed E-state index contributed by atoms with van der Waals surface area (Å²) in [5, 5.41) is 2.08. The minimum Gasteiger partial charge on any atom is -1.00 e. The standard InChI is InChI=1S/C7H10NS.HI/c1-8(2)6-7-4-3-5-9-7;/h3-6H,1-2H3;1H/q+1;/p-1. The summed E-state index contributed by atoms with van der Waals surface area (Å²) in [6, 6.07) is 4.16. The van der Waals surface area contributed by atoms with Crippen LogP contribution in [0.4, 0.5) is 0 Å². The van der Waals surface area contributed by atoms with Crippen molar-refractivity contribution in [1.82, 2.24) is 0 Å². The number of hydrogen-bond acceptors (Lipinski definition) is 1. The van der Waals surface area contributed by atoms with Crippen molar-refractivity contribution in [2.75, 3.05) is 14.1 Å². The minimum absolute atomic E-state index is 0. The van der Waals surface area contributed by atoms with Crippen molar-refractivity contribution in [1.29, 1.82) is 0 Å². The fourth-order valence-corrected chi connectivity index (χ4v) is 1.36. The average molecular weight is 267 g/mol. The van der Waals surface area contributed by atoms with Crippen LogP contribution in [0.25, 0.3) is 0 Å². The molecule has 1 nitrogen and oxygen atoms in total. The Balaban J connectivity index is 0.000000810. The van der Waals surface area contributed by atoms with Crippen molar-refractivity contribution < 1.29 is 28.6 Å². The van der Waals surface area contributed by atoms with Gasteiger partial charge in [0.05, 0.1) is 4.88 Å². The molecule has 0 spiro atoms. The highest BCUT2D eigenvalue weighted by Gasteiger charge is 1.89. The third-order valence-corrected chi connectivity index (χ3v) is 1.74. The van der Waals surface area contributed by atoms with Crippen LogP contribution in [-0.2, 0) is 0 Å². The van der Waals surface area contributed by atoms with Crippen molar-refractivity contribution in [3.63, 3.8) is 0 Å². The third-order valence-electron chi connectivity index (χ3n) is 0.929. The summed E-state index contributed by atoms with van der Waals surface area (Å²) in [6.07, 6.45) is 2.10. The second-order valence-corrected chi connectivity index (χ2v) is 3.09. The Labute approximate surface area is 82.4 Å². The van der Waals surface area contributed by atoms with Gasteiger partial charge in [-0.2, -0.15) is 0 Å². The molecule has 1 aromatic heterocycles. The first-order valence-corrected chi connectivity index (χ1v) is 3.72. The fourth-order valence-electron chi connectivity index (χ4n) is 0.619. The highest BCUT2D eigenvalue weighted by molar-refractivity contribution is 7.11. The smallest absolute Gasteiger partial charge is 0.180 e. The summed E-state index contributed by atoms with van der Waals surface area (Å²) in [5.74, 6) is 0. The molecule has 0 aromatic carbocycles. The van der Waals surface area contributed by atoms with E-state index in [4.69, 9.17) is 0 Å². The van der Waals surface area contributed by atoms with Crippen LogP contribution >= 0.6 is 11.3 Å². The zero-order chi connectivity index (χ0) is 6.69. The third kappa shape index (κ3) is 3.31. The highest BCUT2D eigenvalue weighted by atomic mass is 127. The van der Waals surface area contributed by atoms with Gasteiger partial charge < -0.3 is 24.0 Å². The topological polar surface area (TPSA) is 3.01 Å². The van der Waals surface area contributed by atoms with E-state index in [0.717, 1.165) is 0 Å².